The zero-order chi connectivity index (χ0) is 11.8. The summed E-state index contributed by atoms with van der Waals surface area (Å²) in [5, 5.41) is 19.9. The first-order valence-electron chi connectivity index (χ1n) is 5.31. The third kappa shape index (κ3) is 6.43. The molecule has 0 amide bonds. The summed E-state index contributed by atoms with van der Waals surface area (Å²) < 4.78 is 0. The Hall–Kier alpha value is -0.650. The summed E-state index contributed by atoms with van der Waals surface area (Å²) in [5.41, 5.74) is 5.16. The molecule has 0 aromatic heterocycles. The van der Waals surface area contributed by atoms with Crippen LogP contribution in [-0.4, -0.2) is 41.4 Å². The fourth-order valence-electron chi connectivity index (χ4n) is 1.20. The average Bonchev–Trinajstić information content (AvgIpc) is 2.69. The molecule has 2 atom stereocenters. The van der Waals surface area contributed by atoms with Crippen LogP contribution in [0.5, 0.6) is 0 Å². The van der Waals surface area contributed by atoms with E-state index in [1.54, 1.807) is 13.8 Å². The van der Waals surface area contributed by atoms with Crippen LogP contribution in [0.15, 0.2) is 0 Å². The largest absolute Gasteiger partial charge is 0.480 e. The Kier molecular flexibility index (Phi) is 7.29. The fraction of sp³-hybridized carbons (Fsp3) is 0.900. The zero-order valence-corrected chi connectivity index (χ0v) is 9.44. The summed E-state index contributed by atoms with van der Waals surface area (Å²) in [6, 6.07) is -0.310. The SMILES string of the molecule is CC(C)[C@H](N)C(=O)O.OC[C@@H]1CCCN1. The molecule has 0 aromatic rings. The van der Waals surface area contributed by atoms with E-state index in [1.807, 2.05) is 0 Å². The summed E-state index contributed by atoms with van der Waals surface area (Å²) in [7, 11) is 0. The van der Waals surface area contributed by atoms with E-state index >= 15 is 0 Å². The normalized spacial score (nSPS) is 22.1. The second-order valence-electron chi connectivity index (χ2n) is 4.08. The molecule has 0 spiro atoms. The number of nitrogens with one attached hydrogen (secondary N) is 1. The minimum Gasteiger partial charge on any atom is -0.480 e. The molecule has 1 fully saturated rings. The molecule has 1 rings (SSSR count). The number of nitrogens with two attached hydrogens (primary N) is 1. The van der Waals surface area contributed by atoms with E-state index in [1.165, 1.54) is 6.42 Å². The highest BCUT2D eigenvalue weighted by molar-refractivity contribution is 5.73. The number of aliphatic hydroxyl groups is 1. The maximum atomic E-state index is 10.0. The fourth-order valence-corrected chi connectivity index (χ4v) is 1.20. The van der Waals surface area contributed by atoms with Gasteiger partial charge in [0.1, 0.15) is 6.04 Å². The predicted molar refractivity (Wildman–Crippen MR) is 58.6 cm³/mol. The van der Waals surface area contributed by atoms with E-state index in [2.05, 4.69) is 5.32 Å². The molecule has 5 N–H and O–H groups in total. The van der Waals surface area contributed by atoms with E-state index in [0.717, 1.165) is 13.0 Å². The lowest BCUT2D eigenvalue weighted by Gasteiger charge is -2.07. The Morgan fingerprint density at radius 1 is 1.60 bits per heavy atom. The second-order valence-corrected chi connectivity index (χ2v) is 4.08. The highest BCUT2D eigenvalue weighted by Crippen LogP contribution is 2.02. The number of aliphatic carboxylic acids is 1. The van der Waals surface area contributed by atoms with Gasteiger partial charge in [-0.25, -0.2) is 0 Å². The molecular weight excluding hydrogens is 196 g/mol. The summed E-state index contributed by atoms with van der Waals surface area (Å²) in [6.07, 6.45) is 2.38. The van der Waals surface area contributed by atoms with Crippen LogP contribution in [0, 0.1) is 5.92 Å². The van der Waals surface area contributed by atoms with Gasteiger partial charge in [0.15, 0.2) is 0 Å². The smallest absolute Gasteiger partial charge is 0.320 e. The third-order valence-corrected chi connectivity index (χ3v) is 2.39. The Morgan fingerprint density at radius 3 is 2.33 bits per heavy atom. The number of carboxylic acid groups (broad SMARTS) is 1. The predicted octanol–water partition coefficient (Wildman–Crippen LogP) is -0.215. The van der Waals surface area contributed by atoms with Gasteiger partial charge in [-0.05, 0) is 25.3 Å². The number of carboxylic acids is 1. The van der Waals surface area contributed by atoms with Crippen molar-refractivity contribution in [2.45, 2.75) is 38.8 Å². The van der Waals surface area contributed by atoms with Crippen LogP contribution >= 0.6 is 0 Å². The standard InChI is InChI=1S/C5H11NO2.C5H11NO/c1-3(2)4(6)5(7)8;7-4-5-2-1-3-6-5/h3-4H,6H2,1-2H3,(H,7,8);5-7H,1-4H2/t4-;5-/m00/s1. The summed E-state index contributed by atoms with van der Waals surface area (Å²) in [5.74, 6) is -0.910. The van der Waals surface area contributed by atoms with Gasteiger partial charge in [0, 0.05) is 6.04 Å². The lowest BCUT2D eigenvalue weighted by atomic mass is 10.1. The van der Waals surface area contributed by atoms with E-state index in [9.17, 15) is 4.79 Å². The van der Waals surface area contributed by atoms with Crippen molar-refractivity contribution in [3.05, 3.63) is 0 Å². The van der Waals surface area contributed by atoms with Gasteiger partial charge in [0.25, 0.3) is 0 Å². The van der Waals surface area contributed by atoms with Crippen LogP contribution in [0.4, 0.5) is 0 Å². The first-order valence-corrected chi connectivity index (χ1v) is 5.31. The summed E-state index contributed by atoms with van der Waals surface area (Å²) >= 11 is 0. The lowest BCUT2D eigenvalue weighted by molar-refractivity contribution is -0.139. The molecule has 0 bridgehead atoms. The van der Waals surface area contributed by atoms with Gasteiger partial charge >= 0.3 is 5.97 Å². The molecule has 0 aromatic carbocycles. The van der Waals surface area contributed by atoms with Gasteiger partial charge in [0.05, 0.1) is 6.61 Å². The van der Waals surface area contributed by atoms with Crippen LogP contribution in [0.1, 0.15) is 26.7 Å². The van der Waals surface area contributed by atoms with E-state index in [4.69, 9.17) is 15.9 Å². The molecule has 1 heterocycles. The molecule has 0 unspecified atom stereocenters. The van der Waals surface area contributed by atoms with Crippen molar-refractivity contribution in [2.75, 3.05) is 13.2 Å². The maximum Gasteiger partial charge on any atom is 0.320 e. The molecule has 5 nitrogen and oxygen atoms in total. The number of carbonyl (C=O) groups is 1. The molecule has 90 valence electrons. The number of aliphatic hydroxyl groups excluding tert-OH is 1. The van der Waals surface area contributed by atoms with Crippen LogP contribution < -0.4 is 11.1 Å². The van der Waals surface area contributed by atoms with Gasteiger partial charge in [0.2, 0.25) is 0 Å². The van der Waals surface area contributed by atoms with Crippen LogP contribution in [-0.2, 0) is 4.79 Å². The number of rotatable bonds is 3. The Bertz CT molecular complexity index is 180. The van der Waals surface area contributed by atoms with Crippen molar-refractivity contribution in [1.82, 2.24) is 5.32 Å². The monoisotopic (exact) mass is 218 g/mol. The molecule has 0 radical (unpaired) electrons. The first-order chi connectivity index (χ1) is 6.99. The van der Waals surface area contributed by atoms with E-state index < -0.39 is 12.0 Å². The van der Waals surface area contributed by atoms with Crippen LogP contribution in [0.3, 0.4) is 0 Å². The summed E-state index contributed by atoms with van der Waals surface area (Å²) in [6.45, 7) is 4.95. The zero-order valence-electron chi connectivity index (χ0n) is 9.44. The molecule has 15 heavy (non-hydrogen) atoms. The average molecular weight is 218 g/mol. The lowest BCUT2D eigenvalue weighted by Crippen LogP contribution is -2.34. The molecule has 5 heteroatoms. The van der Waals surface area contributed by atoms with E-state index in [-0.39, 0.29) is 5.92 Å². The van der Waals surface area contributed by atoms with Crippen molar-refractivity contribution in [3.63, 3.8) is 0 Å². The highest BCUT2D eigenvalue weighted by atomic mass is 16.4. The topological polar surface area (TPSA) is 95.6 Å². The maximum absolute atomic E-state index is 10.0. The van der Waals surface area contributed by atoms with E-state index in [0.29, 0.717) is 12.6 Å². The summed E-state index contributed by atoms with van der Waals surface area (Å²) in [4.78, 5) is 10.0. The molecule has 1 aliphatic heterocycles. The van der Waals surface area contributed by atoms with Crippen molar-refractivity contribution >= 4 is 5.97 Å². The molecule has 1 saturated heterocycles. The van der Waals surface area contributed by atoms with Crippen LogP contribution in [0.2, 0.25) is 0 Å². The first kappa shape index (κ1) is 14.3. The van der Waals surface area contributed by atoms with Gasteiger partial charge < -0.3 is 21.3 Å². The molecule has 0 aliphatic carbocycles. The Labute approximate surface area is 90.7 Å². The number of hydrogen-bond donors (Lipinski definition) is 4. The molecule has 0 saturated carbocycles. The van der Waals surface area contributed by atoms with Crippen molar-refractivity contribution < 1.29 is 15.0 Å². The van der Waals surface area contributed by atoms with Gasteiger partial charge in [-0.2, -0.15) is 0 Å². The molecular formula is C10H22N2O3. The highest BCUT2D eigenvalue weighted by Gasteiger charge is 2.14. The van der Waals surface area contributed by atoms with Crippen molar-refractivity contribution in [3.8, 4) is 0 Å². The van der Waals surface area contributed by atoms with Crippen molar-refractivity contribution in [2.24, 2.45) is 11.7 Å². The van der Waals surface area contributed by atoms with Crippen molar-refractivity contribution in [1.29, 1.82) is 0 Å². The quantitative estimate of drug-likeness (QED) is 0.525. The van der Waals surface area contributed by atoms with Gasteiger partial charge in [-0.1, -0.05) is 13.8 Å². The molecule has 1 aliphatic rings. The minimum atomic E-state index is -0.931. The second kappa shape index (κ2) is 7.62. The van der Waals surface area contributed by atoms with Gasteiger partial charge in [-0.15, -0.1) is 0 Å². The Morgan fingerprint density at radius 2 is 2.20 bits per heavy atom. The Balaban J connectivity index is 0.000000262. The van der Waals surface area contributed by atoms with Crippen LogP contribution in [0.25, 0.3) is 0 Å². The van der Waals surface area contributed by atoms with Gasteiger partial charge in [-0.3, -0.25) is 4.79 Å². The minimum absolute atomic E-state index is 0.0208. The number of hydrogen-bond acceptors (Lipinski definition) is 4. The third-order valence-electron chi connectivity index (χ3n) is 2.39.